The standard InChI is InChI=1S/C23H18F3N5OS/c24-20-14(2-1-6-28-20)13-3-4-17-15(8-13)23(12-33-21(27)30-23)16-9-19(29-10-18(16)32-17)31-7-5-22(25,26)11-31/h1-4,6,8-10H,5,7,11-12H2,(H2,27,30)/t23-/m0/s1. The Morgan fingerprint density at radius 3 is 2.67 bits per heavy atom. The normalized spacial score (nSPS) is 22.6. The van der Waals surface area contributed by atoms with Gasteiger partial charge < -0.3 is 15.4 Å². The lowest BCUT2D eigenvalue weighted by atomic mass is 9.81. The maximum Gasteiger partial charge on any atom is 0.266 e. The number of rotatable bonds is 2. The predicted molar refractivity (Wildman–Crippen MR) is 121 cm³/mol. The summed E-state index contributed by atoms with van der Waals surface area (Å²) < 4.78 is 48.2. The number of aromatic nitrogens is 2. The molecule has 1 atom stereocenters. The summed E-state index contributed by atoms with van der Waals surface area (Å²) in [6.45, 7) is -0.165. The molecule has 168 valence electrons. The van der Waals surface area contributed by atoms with Crippen LogP contribution in [0.25, 0.3) is 11.1 Å². The highest BCUT2D eigenvalue weighted by Crippen LogP contribution is 2.54. The molecule has 6 nitrogen and oxygen atoms in total. The minimum absolute atomic E-state index is 0.211. The maximum absolute atomic E-state index is 14.4. The van der Waals surface area contributed by atoms with Gasteiger partial charge in [-0.1, -0.05) is 17.8 Å². The summed E-state index contributed by atoms with van der Waals surface area (Å²) in [5.41, 5.74) is 7.62. The molecular formula is C23H18F3N5OS. The number of fused-ring (bicyclic) bond motifs is 4. The Morgan fingerprint density at radius 1 is 1.09 bits per heavy atom. The van der Waals surface area contributed by atoms with Gasteiger partial charge in [-0.2, -0.15) is 4.39 Å². The Bertz CT molecular complexity index is 1320. The highest BCUT2D eigenvalue weighted by Gasteiger charge is 2.47. The number of alkyl halides is 2. The molecule has 2 N–H and O–H groups in total. The zero-order chi connectivity index (χ0) is 22.8. The van der Waals surface area contributed by atoms with Gasteiger partial charge in [-0.25, -0.2) is 23.7 Å². The van der Waals surface area contributed by atoms with Crippen molar-refractivity contribution in [2.75, 3.05) is 23.7 Å². The molecule has 3 aliphatic rings. The Hall–Kier alpha value is -3.27. The van der Waals surface area contributed by atoms with Gasteiger partial charge >= 0.3 is 0 Å². The van der Waals surface area contributed by atoms with E-state index in [1.165, 1.54) is 18.0 Å². The van der Waals surface area contributed by atoms with Gasteiger partial charge in [0.1, 0.15) is 17.1 Å². The van der Waals surface area contributed by atoms with Crippen LogP contribution in [0.4, 0.5) is 19.0 Å². The van der Waals surface area contributed by atoms with E-state index in [1.807, 2.05) is 6.07 Å². The van der Waals surface area contributed by atoms with Crippen molar-refractivity contribution in [2.45, 2.75) is 17.9 Å². The minimum atomic E-state index is -2.74. The molecule has 3 aromatic rings. The van der Waals surface area contributed by atoms with Crippen molar-refractivity contribution < 1.29 is 17.9 Å². The van der Waals surface area contributed by atoms with Gasteiger partial charge in [-0.15, -0.1) is 0 Å². The monoisotopic (exact) mass is 469 g/mol. The van der Waals surface area contributed by atoms with E-state index < -0.39 is 17.4 Å². The number of nitrogens with zero attached hydrogens (tertiary/aromatic N) is 4. The lowest BCUT2D eigenvalue weighted by molar-refractivity contribution is 0.0256. The summed E-state index contributed by atoms with van der Waals surface area (Å²) in [4.78, 5) is 14.5. The summed E-state index contributed by atoms with van der Waals surface area (Å²) in [6, 6.07) is 10.5. The Balaban J connectivity index is 1.50. The van der Waals surface area contributed by atoms with Crippen molar-refractivity contribution in [1.29, 1.82) is 0 Å². The van der Waals surface area contributed by atoms with Crippen LogP contribution in [0.5, 0.6) is 11.5 Å². The summed E-state index contributed by atoms with van der Waals surface area (Å²) in [5.74, 6) is -1.31. The van der Waals surface area contributed by atoms with Crippen molar-refractivity contribution in [3.05, 3.63) is 65.9 Å². The van der Waals surface area contributed by atoms with Crippen LogP contribution in [0.2, 0.25) is 0 Å². The van der Waals surface area contributed by atoms with Gasteiger partial charge in [-0.3, -0.25) is 0 Å². The van der Waals surface area contributed by atoms with Crippen molar-refractivity contribution >= 4 is 22.7 Å². The van der Waals surface area contributed by atoms with Crippen LogP contribution in [0.15, 0.2) is 53.8 Å². The molecule has 0 radical (unpaired) electrons. The molecule has 0 unspecified atom stereocenters. The average molecular weight is 469 g/mol. The summed E-state index contributed by atoms with van der Waals surface area (Å²) in [5, 5.41) is 0.415. The molecule has 0 aliphatic carbocycles. The SMILES string of the molecule is NC1=N[C@@]2(CS1)c1cc(-c3cccnc3F)ccc1Oc1cnc(N3CCC(F)(F)C3)cc12. The molecule has 3 aliphatic heterocycles. The van der Waals surface area contributed by atoms with Crippen LogP contribution < -0.4 is 15.4 Å². The molecule has 6 rings (SSSR count). The topological polar surface area (TPSA) is 76.6 Å². The first kappa shape index (κ1) is 20.3. The third kappa shape index (κ3) is 3.23. The van der Waals surface area contributed by atoms with E-state index in [0.29, 0.717) is 44.9 Å². The number of anilines is 1. The predicted octanol–water partition coefficient (Wildman–Crippen LogP) is 4.54. The first-order valence-corrected chi connectivity index (χ1v) is 11.4. The molecule has 1 spiro atoms. The highest BCUT2D eigenvalue weighted by molar-refractivity contribution is 8.14. The molecule has 2 aromatic heterocycles. The van der Waals surface area contributed by atoms with E-state index in [-0.39, 0.29) is 19.5 Å². The lowest BCUT2D eigenvalue weighted by Crippen LogP contribution is -2.31. The van der Waals surface area contributed by atoms with Crippen molar-refractivity contribution in [2.24, 2.45) is 10.7 Å². The maximum atomic E-state index is 14.4. The number of hydrogen-bond donors (Lipinski definition) is 1. The second kappa shape index (κ2) is 7.11. The van der Waals surface area contributed by atoms with Crippen molar-refractivity contribution in [3.63, 3.8) is 0 Å². The molecule has 1 saturated heterocycles. The Labute approximate surface area is 191 Å². The van der Waals surface area contributed by atoms with Gasteiger partial charge in [0.2, 0.25) is 5.95 Å². The molecule has 0 bridgehead atoms. The fraction of sp³-hybridized carbons (Fsp3) is 0.261. The zero-order valence-electron chi connectivity index (χ0n) is 17.3. The van der Waals surface area contributed by atoms with E-state index in [2.05, 4.69) is 9.97 Å². The van der Waals surface area contributed by atoms with Crippen LogP contribution in [-0.2, 0) is 5.54 Å². The van der Waals surface area contributed by atoms with Gasteiger partial charge in [-0.05, 0) is 35.9 Å². The number of benzene rings is 1. The fourth-order valence-corrected chi connectivity index (χ4v) is 5.58. The van der Waals surface area contributed by atoms with Crippen LogP contribution in [0.1, 0.15) is 17.5 Å². The first-order chi connectivity index (χ1) is 15.8. The molecule has 0 saturated carbocycles. The molecule has 33 heavy (non-hydrogen) atoms. The van der Waals surface area contributed by atoms with E-state index in [0.717, 1.165) is 5.56 Å². The van der Waals surface area contributed by atoms with E-state index >= 15 is 0 Å². The number of nitrogens with two attached hydrogens (primary N) is 1. The van der Waals surface area contributed by atoms with E-state index in [9.17, 15) is 13.2 Å². The van der Waals surface area contributed by atoms with Crippen LogP contribution in [-0.4, -0.2) is 39.9 Å². The van der Waals surface area contributed by atoms with Gasteiger partial charge in [0, 0.05) is 41.6 Å². The molecular weight excluding hydrogens is 451 g/mol. The second-order valence-corrected chi connectivity index (χ2v) is 9.32. The number of thioether (sulfide) groups is 1. The Morgan fingerprint density at radius 2 is 1.94 bits per heavy atom. The largest absolute Gasteiger partial charge is 0.455 e. The van der Waals surface area contributed by atoms with Crippen molar-refractivity contribution in [3.8, 4) is 22.6 Å². The lowest BCUT2D eigenvalue weighted by Gasteiger charge is -2.35. The smallest absolute Gasteiger partial charge is 0.266 e. The zero-order valence-corrected chi connectivity index (χ0v) is 18.1. The van der Waals surface area contributed by atoms with Gasteiger partial charge in [0.05, 0.1) is 12.7 Å². The third-order valence-corrected chi connectivity index (χ3v) is 7.19. The molecule has 10 heteroatoms. The molecule has 1 fully saturated rings. The third-order valence-electron chi connectivity index (χ3n) is 6.24. The van der Waals surface area contributed by atoms with E-state index in [4.69, 9.17) is 15.5 Å². The van der Waals surface area contributed by atoms with Gasteiger partial charge in [0.15, 0.2) is 10.9 Å². The minimum Gasteiger partial charge on any atom is -0.455 e. The van der Waals surface area contributed by atoms with Crippen LogP contribution in [0, 0.1) is 5.95 Å². The number of aliphatic imine (C=N–C) groups is 1. The average Bonchev–Trinajstić information content (AvgIpc) is 3.37. The Kier molecular flexibility index (Phi) is 4.39. The number of hydrogen-bond acceptors (Lipinski definition) is 7. The van der Waals surface area contributed by atoms with E-state index in [1.54, 1.807) is 41.4 Å². The molecule has 0 amide bonds. The van der Waals surface area contributed by atoms with Gasteiger partial charge in [0.25, 0.3) is 5.92 Å². The molecule has 1 aromatic carbocycles. The second-order valence-electron chi connectivity index (χ2n) is 8.32. The van der Waals surface area contributed by atoms with Crippen molar-refractivity contribution in [1.82, 2.24) is 9.97 Å². The number of ether oxygens (including phenoxy) is 1. The van der Waals surface area contributed by atoms with Crippen LogP contribution >= 0.6 is 11.8 Å². The number of pyridine rings is 2. The summed E-state index contributed by atoms with van der Waals surface area (Å²) >= 11 is 1.40. The fourth-order valence-electron chi connectivity index (χ4n) is 4.62. The molecule has 5 heterocycles. The quantitative estimate of drug-likeness (QED) is 0.556. The highest BCUT2D eigenvalue weighted by atomic mass is 32.2. The number of amidine groups is 1. The summed E-state index contributed by atoms with van der Waals surface area (Å²) in [7, 11) is 0. The first-order valence-electron chi connectivity index (χ1n) is 10.4. The number of halogens is 3. The van der Waals surface area contributed by atoms with Crippen LogP contribution in [0.3, 0.4) is 0 Å². The summed E-state index contributed by atoms with van der Waals surface area (Å²) in [6.07, 6.45) is 2.74.